The van der Waals surface area contributed by atoms with Crippen LogP contribution in [0.3, 0.4) is 0 Å². The molecule has 0 unspecified atom stereocenters. The van der Waals surface area contributed by atoms with Crippen molar-refractivity contribution in [1.82, 2.24) is 20.3 Å². The molecule has 1 amide bonds. The number of hydrogen-bond donors (Lipinski definition) is 2. The molecule has 0 aliphatic rings. The number of amides is 1. The van der Waals surface area contributed by atoms with E-state index in [0.29, 0.717) is 16.1 Å². The number of fused-ring (bicyclic) bond motifs is 1. The predicted molar refractivity (Wildman–Crippen MR) is 119 cm³/mol. The van der Waals surface area contributed by atoms with E-state index in [0.717, 1.165) is 22.5 Å². The third-order valence-electron chi connectivity index (χ3n) is 4.30. The minimum atomic E-state index is -0.312. The summed E-state index contributed by atoms with van der Waals surface area (Å²) >= 11 is 11.1. The van der Waals surface area contributed by atoms with Crippen LogP contribution in [0.25, 0.3) is 16.7 Å². The number of carbonyl (C=O) groups is 1. The summed E-state index contributed by atoms with van der Waals surface area (Å²) in [6.07, 6.45) is 0. The first-order valence-corrected chi connectivity index (χ1v) is 9.59. The van der Waals surface area contributed by atoms with E-state index in [4.69, 9.17) is 23.8 Å². The fourth-order valence-electron chi connectivity index (χ4n) is 2.81. The molecule has 0 aliphatic carbocycles. The first-order chi connectivity index (χ1) is 14.0. The Morgan fingerprint density at radius 3 is 2.34 bits per heavy atom. The van der Waals surface area contributed by atoms with E-state index in [2.05, 4.69) is 20.8 Å². The van der Waals surface area contributed by atoms with Crippen LogP contribution in [0, 0.1) is 6.92 Å². The van der Waals surface area contributed by atoms with Gasteiger partial charge in [0, 0.05) is 16.3 Å². The molecule has 1 heterocycles. The van der Waals surface area contributed by atoms with Crippen molar-refractivity contribution in [1.29, 1.82) is 0 Å². The molecule has 1 aromatic heterocycles. The van der Waals surface area contributed by atoms with Crippen LogP contribution in [-0.4, -0.2) is 26.0 Å². The highest BCUT2D eigenvalue weighted by Gasteiger charge is 2.12. The molecule has 144 valence electrons. The summed E-state index contributed by atoms with van der Waals surface area (Å²) in [4.78, 5) is 13.9. The number of nitrogens with zero attached hydrogens (tertiary/aromatic N) is 3. The highest BCUT2D eigenvalue weighted by Crippen LogP contribution is 2.22. The minimum absolute atomic E-state index is 0.197. The maximum Gasteiger partial charge on any atom is 0.257 e. The summed E-state index contributed by atoms with van der Waals surface area (Å²) in [5.74, 6) is -0.312. The van der Waals surface area contributed by atoms with E-state index in [9.17, 15) is 4.79 Å². The Morgan fingerprint density at radius 1 is 1.00 bits per heavy atom. The first kappa shape index (κ1) is 19.0. The van der Waals surface area contributed by atoms with Crippen molar-refractivity contribution in [3.8, 4) is 5.69 Å². The van der Waals surface area contributed by atoms with Crippen LogP contribution in [0.5, 0.6) is 0 Å². The van der Waals surface area contributed by atoms with Crippen molar-refractivity contribution >= 4 is 51.6 Å². The molecule has 4 aromatic rings. The summed E-state index contributed by atoms with van der Waals surface area (Å²) in [6, 6.07) is 20.1. The molecule has 0 aliphatic heterocycles. The Balaban J connectivity index is 1.52. The maximum absolute atomic E-state index is 12.3. The standard InChI is InChI=1S/C21H16ClN5OS/c1-13-11-18-19(26-27(25-18)16-5-3-2-4-6-16)12-17(13)23-21(29)24-20(28)14-7-9-15(22)10-8-14/h2-12H,1H3,(H2,23,24,28,29). The molecule has 2 N–H and O–H groups in total. The van der Waals surface area contributed by atoms with Gasteiger partial charge in [0.1, 0.15) is 11.0 Å². The lowest BCUT2D eigenvalue weighted by Gasteiger charge is -2.11. The lowest BCUT2D eigenvalue weighted by molar-refractivity contribution is 0.0977. The first-order valence-electron chi connectivity index (χ1n) is 8.80. The van der Waals surface area contributed by atoms with Gasteiger partial charge in [0.25, 0.3) is 5.91 Å². The molecular weight excluding hydrogens is 406 g/mol. The largest absolute Gasteiger partial charge is 0.332 e. The van der Waals surface area contributed by atoms with Crippen LogP contribution in [0.15, 0.2) is 66.7 Å². The van der Waals surface area contributed by atoms with E-state index in [1.165, 1.54) is 0 Å². The fraction of sp³-hybridized carbons (Fsp3) is 0.0476. The molecule has 0 fully saturated rings. The molecular formula is C21H16ClN5OS. The van der Waals surface area contributed by atoms with E-state index < -0.39 is 0 Å². The van der Waals surface area contributed by atoms with Crippen molar-refractivity contribution in [2.75, 3.05) is 5.32 Å². The topological polar surface area (TPSA) is 71.8 Å². The zero-order chi connectivity index (χ0) is 20.4. The molecule has 0 atom stereocenters. The van der Waals surface area contributed by atoms with Crippen molar-refractivity contribution in [3.05, 3.63) is 82.9 Å². The lowest BCUT2D eigenvalue weighted by Crippen LogP contribution is -2.34. The van der Waals surface area contributed by atoms with Gasteiger partial charge >= 0.3 is 0 Å². The average Bonchev–Trinajstić information content (AvgIpc) is 3.12. The van der Waals surface area contributed by atoms with Crippen molar-refractivity contribution in [2.24, 2.45) is 0 Å². The molecule has 3 aromatic carbocycles. The van der Waals surface area contributed by atoms with Gasteiger partial charge in [0.2, 0.25) is 0 Å². The number of hydrogen-bond acceptors (Lipinski definition) is 4. The maximum atomic E-state index is 12.3. The Kier molecular flexibility index (Phi) is 5.24. The van der Waals surface area contributed by atoms with Gasteiger partial charge in [-0.15, -0.1) is 10.2 Å². The Labute approximate surface area is 177 Å². The molecule has 4 rings (SSSR count). The van der Waals surface area contributed by atoms with Crippen molar-refractivity contribution < 1.29 is 4.79 Å². The van der Waals surface area contributed by atoms with Gasteiger partial charge in [-0.2, -0.15) is 4.80 Å². The third-order valence-corrected chi connectivity index (χ3v) is 4.75. The number of thiocarbonyl (C=S) groups is 1. The fourth-order valence-corrected chi connectivity index (χ4v) is 3.14. The molecule has 0 bridgehead atoms. The van der Waals surface area contributed by atoms with E-state index in [-0.39, 0.29) is 11.0 Å². The molecule has 6 nitrogen and oxygen atoms in total. The normalized spacial score (nSPS) is 10.7. The van der Waals surface area contributed by atoms with Crippen LogP contribution >= 0.6 is 23.8 Å². The van der Waals surface area contributed by atoms with E-state index >= 15 is 0 Å². The highest BCUT2D eigenvalue weighted by atomic mass is 35.5. The summed E-state index contributed by atoms with van der Waals surface area (Å²) < 4.78 is 0. The number of nitrogens with one attached hydrogen (secondary N) is 2. The second-order valence-electron chi connectivity index (χ2n) is 6.40. The summed E-state index contributed by atoms with van der Waals surface area (Å²) in [6.45, 7) is 1.94. The number of benzene rings is 3. The van der Waals surface area contributed by atoms with E-state index in [1.807, 2.05) is 49.4 Å². The quantitative estimate of drug-likeness (QED) is 0.476. The molecule has 29 heavy (non-hydrogen) atoms. The summed E-state index contributed by atoms with van der Waals surface area (Å²) in [5.41, 5.74) is 4.51. The van der Waals surface area contributed by atoms with Gasteiger partial charge in [0.05, 0.1) is 5.69 Å². The number of aromatic nitrogens is 3. The number of carbonyl (C=O) groups excluding carboxylic acids is 1. The Hall–Kier alpha value is -3.29. The lowest BCUT2D eigenvalue weighted by atomic mass is 10.2. The molecule has 0 radical (unpaired) electrons. The van der Waals surface area contributed by atoms with Gasteiger partial charge in [-0.3, -0.25) is 10.1 Å². The zero-order valence-electron chi connectivity index (χ0n) is 15.4. The van der Waals surface area contributed by atoms with E-state index in [1.54, 1.807) is 29.1 Å². The average molecular weight is 422 g/mol. The van der Waals surface area contributed by atoms with Gasteiger partial charge in [-0.05, 0) is 73.2 Å². The summed E-state index contributed by atoms with van der Waals surface area (Å²) in [5, 5.41) is 15.5. The SMILES string of the molecule is Cc1cc2nn(-c3ccccc3)nc2cc1NC(=S)NC(=O)c1ccc(Cl)cc1. The van der Waals surface area contributed by atoms with Crippen LogP contribution in [0.2, 0.25) is 5.02 Å². The smallest absolute Gasteiger partial charge is 0.257 e. The third kappa shape index (κ3) is 4.26. The van der Waals surface area contributed by atoms with Gasteiger partial charge in [-0.25, -0.2) is 0 Å². The van der Waals surface area contributed by atoms with Crippen LogP contribution in [0.4, 0.5) is 5.69 Å². The highest BCUT2D eigenvalue weighted by molar-refractivity contribution is 7.80. The minimum Gasteiger partial charge on any atom is -0.332 e. The Morgan fingerprint density at radius 2 is 1.66 bits per heavy atom. The number of aryl methyl sites for hydroxylation is 1. The van der Waals surface area contributed by atoms with Crippen LogP contribution in [0.1, 0.15) is 15.9 Å². The molecule has 0 spiro atoms. The Bertz CT molecular complexity index is 1210. The van der Waals surface area contributed by atoms with Crippen molar-refractivity contribution in [2.45, 2.75) is 6.92 Å². The molecule has 8 heteroatoms. The van der Waals surface area contributed by atoms with Crippen molar-refractivity contribution in [3.63, 3.8) is 0 Å². The van der Waals surface area contributed by atoms with Crippen LogP contribution < -0.4 is 10.6 Å². The monoisotopic (exact) mass is 421 g/mol. The number of para-hydroxylation sites is 1. The predicted octanol–water partition coefficient (Wildman–Crippen LogP) is 4.51. The molecule has 0 saturated carbocycles. The summed E-state index contributed by atoms with van der Waals surface area (Å²) in [7, 11) is 0. The zero-order valence-corrected chi connectivity index (χ0v) is 17.0. The van der Waals surface area contributed by atoms with Gasteiger partial charge in [-0.1, -0.05) is 29.8 Å². The number of anilines is 1. The second-order valence-corrected chi connectivity index (χ2v) is 7.24. The van der Waals surface area contributed by atoms with Gasteiger partial charge < -0.3 is 5.32 Å². The molecule has 0 saturated heterocycles. The number of rotatable bonds is 3. The number of halogens is 1. The van der Waals surface area contributed by atoms with Gasteiger partial charge in [0.15, 0.2) is 5.11 Å². The van der Waals surface area contributed by atoms with Crippen LogP contribution in [-0.2, 0) is 0 Å². The second kappa shape index (κ2) is 7.98.